The molecule has 0 aliphatic heterocycles. The highest BCUT2D eigenvalue weighted by Gasteiger charge is 2.10. The summed E-state index contributed by atoms with van der Waals surface area (Å²) >= 11 is 0. The van der Waals surface area contributed by atoms with Gasteiger partial charge >= 0.3 is 0 Å². The lowest BCUT2D eigenvalue weighted by molar-refractivity contribution is 0.300. The third-order valence-corrected chi connectivity index (χ3v) is 3.46. The van der Waals surface area contributed by atoms with Gasteiger partial charge in [-0.1, -0.05) is 25.1 Å². The topological polar surface area (TPSA) is 67.8 Å². The van der Waals surface area contributed by atoms with E-state index in [9.17, 15) is 0 Å². The molecule has 2 rings (SSSR count). The predicted molar refractivity (Wildman–Crippen MR) is 105 cm³/mol. The molecular weight excluding hydrogens is 328 g/mol. The molecule has 0 saturated heterocycles. The van der Waals surface area contributed by atoms with Gasteiger partial charge in [0.25, 0.3) is 0 Å². The van der Waals surface area contributed by atoms with Crippen molar-refractivity contribution in [1.82, 2.24) is 15.6 Å². The number of hydrogen-bond acceptors (Lipinski definition) is 4. The smallest absolute Gasteiger partial charge is 0.224 e. The van der Waals surface area contributed by atoms with Crippen molar-refractivity contribution >= 4 is 5.96 Å². The van der Waals surface area contributed by atoms with Gasteiger partial charge in [0.2, 0.25) is 5.88 Å². The summed E-state index contributed by atoms with van der Waals surface area (Å²) in [5, 5.41) is 6.43. The van der Waals surface area contributed by atoms with Crippen LogP contribution in [0.1, 0.15) is 32.8 Å². The summed E-state index contributed by atoms with van der Waals surface area (Å²) in [4.78, 5) is 8.97. The van der Waals surface area contributed by atoms with E-state index in [0.717, 1.165) is 36.8 Å². The van der Waals surface area contributed by atoms with Crippen molar-refractivity contribution in [2.24, 2.45) is 4.99 Å². The number of hydrogen-bond donors (Lipinski definition) is 2. The molecule has 140 valence electrons. The van der Waals surface area contributed by atoms with Crippen LogP contribution in [-0.2, 0) is 6.54 Å². The van der Waals surface area contributed by atoms with Gasteiger partial charge in [0.1, 0.15) is 0 Å². The summed E-state index contributed by atoms with van der Waals surface area (Å²) in [7, 11) is 0. The standard InChI is InChI=1S/C20H28N4O2/c1-4-14-25-17-11-7-8-12-18(17)26-19-16(10-9-13-23-19)15-24-20(21-5-2)22-6-3/h7-13H,4-6,14-15H2,1-3H3,(H2,21,22,24). The molecule has 0 radical (unpaired) electrons. The minimum atomic E-state index is 0.469. The molecule has 6 heteroatoms. The van der Waals surface area contributed by atoms with Crippen molar-refractivity contribution in [3.63, 3.8) is 0 Å². The Balaban J connectivity index is 2.18. The normalized spacial score (nSPS) is 10.1. The first-order valence-corrected chi connectivity index (χ1v) is 9.14. The Morgan fingerprint density at radius 3 is 2.42 bits per heavy atom. The Bertz CT molecular complexity index is 696. The van der Waals surface area contributed by atoms with Crippen LogP contribution in [0.15, 0.2) is 47.6 Å². The number of benzene rings is 1. The number of para-hydroxylation sites is 2. The van der Waals surface area contributed by atoms with Gasteiger partial charge < -0.3 is 20.1 Å². The molecule has 0 atom stereocenters. The number of pyridine rings is 1. The number of nitrogens with zero attached hydrogens (tertiary/aromatic N) is 2. The quantitative estimate of drug-likeness (QED) is 0.529. The second-order valence-electron chi connectivity index (χ2n) is 5.59. The fourth-order valence-electron chi connectivity index (χ4n) is 2.28. The van der Waals surface area contributed by atoms with E-state index < -0.39 is 0 Å². The van der Waals surface area contributed by atoms with E-state index in [2.05, 4.69) is 27.5 Å². The zero-order valence-electron chi connectivity index (χ0n) is 15.8. The molecule has 2 aromatic rings. The molecule has 0 aliphatic rings. The minimum absolute atomic E-state index is 0.469. The number of rotatable bonds is 9. The fraction of sp³-hybridized carbons (Fsp3) is 0.400. The minimum Gasteiger partial charge on any atom is -0.490 e. The maximum atomic E-state index is 6.04. The first-order valence-electron chi connectivity index (χ1n) is 9.14. The van der Waals surface area contributed by atoms with E-state index in [-0.39, 0.29) is 0 Å². The van der Waals surface area contributed by atoms with Crippen molar-refractivity contribution in [3.8, 4) is 17.4 Å². The van der Waals surface area contributed by atoms with E-state index >= 15 is 0 Å². The summed E-state index contributed by atoms with van der Waals surface area (Å²) in [5.74, 6) is 2.69. The molecule has 2 N–H and O–H groups in total. The molecule has 0 fully saturated rings. The second kappa shape index (κ2) is 11.0. The Morgan fingerprint density at radius 2 is 1.73 bits per heavy atom. The van der Waals surface area contributed by atoms with Crippen LogP contribution in [0, 0.1) is 0 Å². The van der Waals surface area contributed by atoms with Crippen LogP contribution in [0.2, 0.25) is 0 Å². The van der Waals surface area contributed by atoms with Gasteiger partial charge in [-0.2, -0.15) is 0 Å². The maximum absolute atomic E-state index is 6.04. The lowest BCUT2D eigenvalue weighted by Crippen LogP contribution is -2.36. The predicted octanol–water partition coefficient (Wildman–Crippen LogP) is 3.74. The summed E-state index contributed by atoms with van der Waals surface area (Å²) < 4.78 is 11.8. The van der Waals surface area contributed by atoms with Gasteiger partial charge in [0, 0.05) is 24.8 Å². The molecule has 0 unspecified atom stereocenters. The van der Waals surface area contributed by atoms with Crippen molar-refractivity contribution in [2.45, 2.75) is 33.7 Å². The molecule has 0 spiro atoms. The molecule has 0 amide bonds. The van der Waals surface area contributed by atoms with E-state index in [4.69, 9.17) is 9.47 Å². The zero-order chi connectivity index (χ0) is 18.6. The van der Waals surface area contributed by atoms with Crippen LogP contribution in [0.3, 0.4) is 0 Å². The zero-order valence-corrected chi connectivity index (χ0v) is 15.8. The van der Waals surface area contributed by atoms with Gasteiger partial charge in [-0.3, -0.25) is 0 Å². The third kappa shape index (κ3) is 5.95. The van der Waals surface area contributed by atoms with Crippen LogP contribution in [0.4, 0.5) is 0 Å². The number of aromatic nitrogens is 1. The highest BCUT2D eigenvalue weighted by molar-refractivity contribution is 5.79. The maximum Gasteiger partial charge on any atom is 0.224 e. The summed E-state index contributed by atoms with van der Waals surface area (Å²) in [5.41, 5.74) is 0.908. The van der Waals surface area contributed by atoms with Crippen molar-refractivity contribution < 1.29 is 9.47 Å². The first kappa shape index (κ1) is 19.6. The van der Waals surface area contributed by atoms with Gasteiger partial charge in [-0.05, 0) is 38.5 Å². The van der Waals surface area contributed by atoms with Gasteiger partial charge in [0.05, 0.1) is 13.2 Å². The van der Waals surface area contributed by atoms with Gasteiger partial charge in [-0.15, -0.1) is 0 Å². The second-order valence-corrected chi connectivity index (χ2v) is 5.59. The Morgan fingerprint density at radius 1 is 1.00 bits per heavy atom. The van der Waals surface area contributed by atoms with Crippen LogP contribution in [0.25, 0.3) is 0 Å². The van der Waals surface area contributed by atoms with Crippen LogP contribution in [0.5, 0.6) is 17.4 Å². The third-order valence-electron chi connectivity index (χ3n) is 3.46. The first-order chi connectivity index (χ1) is 12.8. The number of nitrogens with one attached hydrogen (secondary N) is 2. The molecule has 1 aromatic carbocycles. The van der Waals surface area contributed by atoms with E-state index in [1.807, 2.05) is 50.2 Å². The average molecular weight is 356 g/mol. The number of ether oxygens (including phenoxy) is 2. The molecule has 1 heterocycles. The van der Waals surface area contributed by atoms with Crippen LogP contribution < -0.4 is 20.1 Å². The number of aliphatic imine (C=N–C) groups is 1. The average Bonchev–Trinajstić information content (AvgIpc) is 2.67. The van der Waals surface area contributed by atoms with Crippen molar-refractivity contribution in [2.75, 3.05) is 19.7 Å². The lowest BCUT2D eigenvalue weighted by atomic mass is 10.2. The highest BCUT2D eigenvalue weighted by atomic mass is 16.5. The van der Waals surface area contributed by atoms with Crippen molar-refractivity contribution in [3.05, 3.63) is 48.2 Å². The van der Waals surface area contributed by atoms with E-state index in [1.54, 1.807) is 6.20 Å². The molecule has 26 heavy (non-hydrogen) atoms. The lowest BCUT2D eigenvalue weighted by Gasteiger charge is -2.13. The Kier molecular flexibility index (Phi) is 8.26. The van der Waals surface area contributed by atoms with Gasteiger partial charge in [0.15, 0.2) is 17.5 Å². The summed E-state index contributed by atoms with van der Waals surface area (Å²) in [6.07, 6.45) is 2.66. The molecule has 0 saturated carbocycles. The van der Waals surface area contributed by atoms with Crippen LogP contribution in [-0.4, -0.2) is 30.6 Å². The molecule has 6 nitrogen and oxygen atoms in total. The Labute approximate surface area is 155 Å². The Hall–Kier alpha value is -2.76. The molecule has 0 bridgehead atoms. The molecular formula is C20H28N4O2. The molecule has 0 aliphatic carbocycles. The highest BCUT2D eigenvalue weighted by Crippen LogP contribution is 2.32. The summed E-state index contributed by atoms with van der Waals surface area (Å²) in [6.45, 7) is 8.89. The SMILES string of the molecule is CCCOc1ccccc1Oc1ncccc1CN=C(NCC)NCC. The largest absolute Gasteiger partial charge is 0.490 e. The van der Waals surface area contributed by atoms with E-state index in [1.165, 1.54) is 0 Å². The number of guanidine groups is 1. The van der Waals surface area contributed by atoms with E-state index in [0.29, 0.717) is 24.8 Å². The monoisotopic (exact) mass is 356 g/mol. The molecule has 1 aromatic heterocycles. The van der Waals surface area contributed by atoms with Gasteiger partial charge in [-0.25, -0.2) is 9.98 Å². The van der Waals surface area contributed by atoms with Crippen LogP contribution >= 0.6 is 0 Å². The fourth-order valence-corrected chi connectivity index (χ4v) is 2.28. The van der Waals surface area contributed by atoms with Crippen molar-refractivity contribution in [1.29, 1.82) is 0 Å². The summed E-state index contributed by atoms with van der Waals surface area (Å²) in [6, 6.07) is 11.5.